The molecule has 2 aromatic rings. The van der Waals surface area contributed by atoms with Crippen molar-refractivity contribution in [1.82, 2.24) is 0 Å². The maximum absolute atomic E-state index is 12.5. The Morgan fingerprint density at radius 3 is 2.29 bits per heavy atom. The molecule has 1 saturated heterocycles. The van der Waals surface area contributed by atoms with E-state index < -0.39 is 22.1 Å². The van der Waals surface area contributed by atoms with Gasteiger partial charge in [-0.05, 0) is 55.3 Å². The second kappa shape index (κ2) is 9.30. The summed E-state index contributed by atoms with van der Waals surface area (Å²) in [7, 11) is -3.41. The molecule has 31 heavy (non-hydrogen) atoms. The summed E-state index contributed by atoms with van der Waals surface area (Å²) in [5.74, 6) is -0.831. The van der Waals surface area contributed by atoms with Gasteiger partial charge in [0.2, 0.25) is 21.7 Å². The molecule has 1 N–H and O–H groups in total. The molecule has 0 bridgehead atoms. The predicted molar refractivity (Wildman–Crippen MR) is 117 cm³/mol. The number of nitrogens with zero attached hydrogens (tertiary/aromatic N) is 1. The first-order valence-corrected chi connectivity index (χ1v) is 11.7. The molecule has 1 atom stereocenters. The van der Waals surface area contributed by atoms with Gasteiger partial charge in [-0.1, -0.05) is 12.1 Å². The summed E-state index contributed by atoms with van der Waals surface area (Å²) in [4.78, 5) is 38.3. The molecule has 2 aromatic carbocycles. The van der Waals surface area contributed by atoms with Crippen molar-refractivity contribution >= 4 is 39.1 Å². The molecule has 0 saturated carbocycles. The topological polar surface area (TPSA) is 110 Å². The Bertz CT molecular complexity index is 1080. The van der Waals surface area contributed by atoms with Gasteiger partial charge in [-0.15, -0.1) is 0 Å². The van der Waals surface area contributed by atoms with Crippen LogP contribution in [0.5, 0.6) is 0 Å². The molecular formula is C22H24N2O6S. The quantitative estimate of drug-likeness (QED) is 0.495. The first kappa shape index (κ1) is 22.5. The van der Waals surface area contributed by atoms with Gasteiger partial charge in [0.25, 0.3) is 0 Å². The number of carbonyl (C=O) groups is 3. The van der Waals surface area contributed by atoms with E-state index in [9.17, 15) is 22.8 Å². The highest BCUT2D eigenvalue weighted by atomic mass is 32.2. The van der Waals surface area contributed by atoms with E-state index in [1.54, 1.807) is 29.2 Å². The number of anilines is 2. The molecule has 1 aliphatic rings. The lowest BCUT2D eigenvalue weighted by Gasteiger charge is -2.16. The Kier molecular flexibility index (Phi) is 6.74. The van der Waals surface area contributed by atoms with Crippen molar-refractivity contribution in [2.24, 2.45) is 0 Å². The van der Waals surface area contributed by atoms with Gasteiger partial charge in [-0.3, -0.25) is 19.1 Å². The normalized spacial score (nSPS) is 14.9. The SMILES string of the molecule is CC(OC(=O)Cc1ccc(N2CCCC2=O)cc1)C(=O)c1ccc(NS(C)(=O)=O)cc1. The number of hydrogen-bond acceptors (Lipinski definition) is 6. The second-order valence-corrected chi connectivity index (χ2v) is 9.19. The summed E-state index contributed by atoms with van der Waals surface area (Å²) >= 11 is 0. The summed E-state index contributed by atoms with van der Waals surface area (Å²) < 4.78 is 30.1. The number of ether oxygens (including phenoxy) is 1. The minimum absolute atomic E-state index is 0.00304. The molecule has 1 fully saturated rings. The van der Waals surface area contributed by atoms with Crippen molar-refractivity contribution < 1.29 is 27.5 Å². The molecule has 0 radical (unpaired) electrons. The Labute approximate surface area is 181 Å². The van der Waals surface area contributed by atoms with Gasteiger partial charge >= 0.3 is 5.97 Å². The summed E-state index contributed by atoms with van der Waals surface area (Å²) in [6, 6.07) is 13.0. The van der Waals surface area contributed by atoms with Crippen LogP contribution < -0.4 is 9.62 Å². The van der Waals surface area contributed by atoms with E-state index in [0.717, 1.165) is 23.9 Å². The fraction of sp³-hybridized carbons (Fsp3) is 0.318. The van der Waals surface area contributed by atoms with Crippen LogP contribution in [0.15, 0.2) is 48.5 Å². The molecule has 0 aliphatic carbocycles. The van der Waals surface area contributed by atoms with E-state index >= 15 is 0 Å². The molecular weight excluding hydrogens is 420 g/mol. The monoisotopic (exact) mass is 444 g/mol. The standard InChI is InChI=1S/C22H24N2O6S/c1-15(22(27)17-7-9-18(10-8-17)23-31(2,28)29)30-21(26)14-16-5-11-19(12-6-16)24-13-3-4-20(24)25/h5-12,15,23H,3-4,13-14H2,1-2H3. The zero-order valence-electron chi connectivity index (χ0n) is 17.3. The molecule has 8 nitrogen and oxygen atoms in total. The largest absolute Gasteiger partial charge is 0.454 e. The van der Waals surface area contributed by atoms with Crippen molar-refractivity contribution in [3.8, 4) is 0 Å². The molecule has 3 rings (SSSR count). The van der Waals surface area contributed by atoms with Gasteiger partial charge in [0.1, 0.15) is 0 Å². The number of amides is 1. The first-order chi connectivity index (χ1) is 14.6. The van der Waals surface area contributed by atoms with Gasteiger partial charge in [0, 0.05) is 29.9 Å². The van der Waals surface area contributed by atoms with Crippen molar-refractivity contribution in [3.05, 3.63) is 59.7 Å². The van der Waals surface area contributed by atoms with Gasteiger partial charge in [-0.2, -0.15) is 0 Å². The van der Waals surface area contributed by atoms with Crippen LogP contribution in [-0.2, 0) is 30.8 Å². The van der Waals surface area contributed by atoms with Crippen LogP contribution in [-0.4, -0.2) is 45.0 Å². The van der Waals surface area contributed by atoms with E-state index in [1.165, 1.54) is 31.2 Å². The number of carbonyl (C=O) groups excluding carboxylic acids is 3. The summed E-state index contributed by atoms with van der Waals surface area (Å²) in [5, 5.41) is 0. The van der Waals surface area contributed by atoms with Gasteiger partial charge in [-0.25, -0.2) is 8.42 Å². The van der Waals surface area contributed by atoms with Crippen LogP contribution in [0.4, 0.5) is 11.4 Å². The van der Waals surface area contributed by atoms with Crippen molar-refractivity contribution in [1.29, 1.82) is 0 Å². The number of Topliss-reactive ketones (excluding diaryl/α,β-unsaturated/α-hetero) is 1. The Balaban J connectivity index is 1.55. The lowest BCUT2D eigenvalue weighted by Crippen LogP contribution is -2.25. The van der Waals surface area contributed by atoms with E-state index in [4.69, 9.17) is 4.74 Å². The molecule has 164 valence electrons. The maximum atomic E-state index is 12.5. The predicted octanol–water partition coefficient (Wildman–Crippen LogP) is 2.54. The van der Waals surface area contributed by atoms with Crippen LogP contribution >= 0.6 is 0 Å². The molecule has 0 spiro atoms. The number of benzene rings is 2. The second-order valence-electron chi connectivity index (χ2n) is 7.44. The van der Waals surface area contributed by atoms with E-state index in [0.29, 0.717) is 24.2 Å². The van der Waals surface area contributed by atoms with E-state index in [-0.39, 0.29) is 18.1 Å². The highest BCUT2D eigenvalue weighted by Crippen LogP contribution is 2.22. The third-order valence-electron chi connectivity index (χ3n) is 4.82. The van der Waals surface area contributed by atoms with Gasteiger partial charge in [0.05, 0.1) is 12.7 Å². The molecule has 0 aromatic heterocycles. The first-order valence-electron chi connectivity index (χ1n) is 9.83. The average Bonchev–Trinajstić information content (AvgIpc) is 3.13. The molecule has 1 unspecified atom stereocenters. The Morgan fingerprint density at radius 1 is 1.10 bits per heavy atom. The summed E-state index contributed by atoms with van der Waals surface area (Å²) in [6.07, 6.45) is 1.45. The van der Waals surface area contributed by atoms with Gasteiger partial charge in [0.15, 0.2) is 6.10 Å². The van der Waals surface area contributed by atoms with Crippen molar-refractivity contribution in [3.63, 3.8) is 0 Å². The average molecular weight is 445 g/mol. The zero-order chi connectivity index (χ0) is 22.6. The molecule has 1 amide bonds. The van der Waals surface area contributed by atoms with Crippen LogP contribution in [0.2, 0.25) is 0 Å². The number of ketones is 1. The van der Waals surface area contributed by atoms with Gasteiger partial charge < -0.3 is 9.64 Å². The summed E-state index contributed by atoms with van der Waals surface area (Å²) in [6.45, 7) is 2.19. The van der Waals surface area contributed by atoms with E-state index in [2.05, 4.69) is 4.72 Å². The maximum Gasteiger partial charge on any atom is 0.310 e. The number of hydrogen-bond donors (Lipinski definition) is 1. The summed E-state index contributed by atoms with van der Waals surface area (Å²) in [5.41, 5.74) is 2.16. The Morgan fingerprint density at radius 2 is 1.74 bits per heavy atom. The third kappa shape index (κ3) is 6.14. The van der Waals surface area contributed by atoms with Crippen LogP contribution in [0.1, 0.15) is 35.7 Å². The number of rotatable bonds is 8. The molecule has 1 aliphatic heterocycles. The minimum Gasteiger partial charge on any atom is -0.454 e. The Hall–Kier alpha value is -3.20. The van der Waals surface area contributed by atoms with Crippen LogP contribution in [0.25, 0.3) is 0 Å². The van der Waals surface area contributed by atoms with Crippen molar-refractivity contribution in [2.45, 2.75) is 32.3 Å². The minimum atomic E-state index is -3.41. The molecule has 1 heterocycles. The number of esters is 1. The smallest absolute Gasteiger partial charge is 0.310 e. The highest BCUT2D eigenvalue weighted by Gasteiger charge is 2.22. The van der Waals surface area contributed by atoms with Crippen LogP contribution in [0.3, 0.4) is 0 Å². The fourth-order valence-electron chi connectivity index (χ4n) is 3.33. The lowest BCUT2D eigenvalue weighted by atomic mass is 10.1. The zero-order valence-corrected chi connectivity index (χ0v) is 18.1. The van der Waals surface area contributed by atoms with Crippen LogP contribution in [0, 0.1) is 0 Å². The number of nitrogens with one attached hydrogen (secondary N) is 1. The fourth-order valence-corrected chi connectivity index (χ4v) is 3.89. The number of sulfonamides is 1. The lowest BCUT2D eigenvalue weighted by molar-refractivity contribution is -0.145. The van der Waals surface area contributed by atoms with Crippen molar-refractivity contribution in [2.75, 3.05) is 22.4 Å². The van der Waals surface area contributed by atoms with E-state index in [1.807, 2.05) is 0 Å². The third-order valence-corrected chi connectivity index (χ3v) is 5.43. The highest BCUT2D eigenvalue weighted by molar-refractivity contribution is 7.92. The molecule has 9 heteroatoms.